The van der Waals surface area contributed by atoms with Crippen molar-refractivity contribution in [3.63, 3.8) is 0 Å². The first-order valence-electron chi connectivity index (χ1n) is 6.92. The molecule has 0 unspecified atom stereocenters. The van der Waals surface area contributed by atoms with Crippen LogP contribution >= 0.6 is 12.6 Å². The average molecular weight is 290 g/mol. The lowest BCUT2D eigenvalue weighted by molar-refractivity contribution is -0.135. The number of fused-ring (bicyclic) bond motifs is 1. The van der Waals surface area contributed by atoms with Crippen LogP contribution in [-0.4, -0.2) is 38.1 Å². The van der Waals surface area contributed by atoms with Gasteiger partial charge >= 0.3 is 0 Å². The Labute approximate surface area is 123 Å². The minimum Gasteiger partial charge on any atom is -0.339 e. The normalized spacial score (nSPS) is 20.5. The van der Waals surface area contributed by atoms with Crippen LogP contribution in [0.1, 0.15) is 31.6 Å². The standard InChI is InChI=1S/C14H18N4OS/c1-9(8-20)14(19)18-7-3-5-11(18)13-16-10-4-2-6-15-12(10)17-13/h2,4,6,9,11,20H,3,5,7-8H2,1H3,(H,15,16,17)/t9-,11-/m1/s1. The Kier molecular flexibility index (Phi) is 3.65. The zero-order valence-corrected chi connectivity index (χ0v) is 12.3. The molecule has 0 aromatic carbocycles. The van der Waals surface area contributed by atoms with E-state index in [2.05, 4.69) is 27.6 Å². The van der Waals surface area contributed by atoms with Crippen molar-refractivity contribution in [3.05, 3.63) is 24.2 Å². The summed E-state index contributed by atoms with van der Waals surface area (Å²) in [4.78, 5) is 26.4. The van der Waals surface area contributed by atoms with Crippen molar-refractivity contribution in [2.24, 2.45) is 5.92 Å². The minimum atomic E-state index is -0.0542. The van der Waals surface area contributed by atoms with Gasteiger partial charge in [0.1, 0.15) is 5.82 Å². The molecule has 1 fully saturated rings. The zero-order chi connectivity index (χ0) is 14.1. The minimum absolute atomic E-state index is 0.0408. The summed E-state index contributed by atoms with van der Waals surface area (Å²) in [7, 11) is 0. The lowest BCUT2D eigenvalue weighted by atomic mass is 10.1. The monoisotopic (exact) mass is 290 g/mol. The quantitative estimate of drug-likeness (QED) is 0.852. The van der Waals surface area contributed by atoms with Gasteiger partial charge in [-0.2, -0.15) is 12.6 Å². The molecule has 5 nitrogen and oxygen atoms in total. The molecular formula is C14H18N4OS. The number of aromatic amines is 1. The number of amides is 1. The average Bonchev–Trinajstić information content (AvgIpc) is 3.10. The highest BCUT2D eigenvalue weighted by Crippen LogP contribution is 2.32. The molecule has 0 aliphatic carbocycles. The molecule has 106 valence electrons. The smallest absolute Gasteiger partial charge is 0.226 e. The van der Waals surface area contributed by atoms with Gasteiger partial charge in [0.2, 0.25) is 5.91 Å². The molecule has 3 heterocycles. The zero-order valence-electron chi connectivity index (χ0n) is 11.4. The molecule has 2 aromatic heterocycles. The Bertz CT molecular complexity index is 593. The first-order valence-corrected chi connectivity index (χ1v) is 7.56. The molecule has 2 aromatic rings. The molecule has 0 radical (unpaired) electrons. The number of nitrogens with zero attached hydrogens (tertiary/aromatic N) is 3. The van der Waals surface area contributed by atoms with E-state index in [1.54, 1.807) is 6.20 Å². The van der Waals surface area contributed by atoms with E-state index in [4.69, 9.17) is 0 Å². The molecule has 0 bridgehead atoms. The molecule has 2 atom stereocenters. The number of thiol groups is 1. The van der Waals surface area contributed by atoms with Gasteiger partial charge in [-0.05, 0) is 25.0 Å². The predicted octanol–water partition coefficient (Wildman–Crippen LogP) is 2.19. The van der Waals surface area contributed by atoms with E-state index >= 15 is 0 Å². The molecule has 1 saturated heterocycles. The number of likely N-dealkylation sites (tertiary alicyclic amines) is 1. The van der Waals surface area contributed by atoms with Crippen molar-refractivity contribution in [2.45, 2.75) is 25.8 Å². The predicted molar refractivity (Wildman–Crippen MR) is 80.6 cm³/mol. The number of rotatable bonds is 3. The number of hydrogen-bond donors (Lipinski definition) is 2. The molecular weight excluding hydrogens is 272 g/mol. The summed E-state index contributed by atoms with van der Waals surface area (Å²) in [5.41, 5.74) is 1.63. The van der Waals surface area contributed by atoms with Gasteiger partial charge in [-0.1, -0.05) is 6.92 Å². The molecule has 1 aliphatic rings. The van der Waals surface area contributed by atoms with Crippen LogP contribution in [0.25, 0.3) is 11.2 Å². The van der Waals surface area contributed by atoms with Gasteiger partial charge in [0, 0.05) is 24.4 Å². The summed E-state index contributed by atoms with van der Waals surface area (Å²) in [6.45, 7) is 2.72. The third kappa shape index (κ3) is 2.28. The van der Waals surface area contributed by atoms with Gasteiger partial charge in [0.05, 0.1) is 11.6 Å². The number of hydrogen-bond acceptors (Lipinski definition) is 4. The van der Waals surface area contributed by atoms with E-state index in [0.29, 0.717) is 11.4 Å². The lowest BCUT2D eigenvalue weighted by Crippen LogP contribution is -2.35. The maximum atomic E-state index is 12.4. The summed E-state index contributed by atoms with van der Waals surface area (Å²) in [5.74, 6) is 1.53. The largest absolute Gasteiger partial charge is 0.339 e. The van der Waals surface area contributed by atoms with Gasteiger partial charge in [0.25, 0.3) is 0 Å². The van der Waals surface area contributed by atoms with Crippen molar-refractivity contribution >= 4 is 29.7 Å². The van der Waals surface area contributed by atoms with Crippen molar-refractivity contribution in [3.8, 4) is 0 Å². The molecule has 20 heavy (non-hydrogen) atoms. The highest BCUT2D eigenvalue weighted by Gasteiger charge is 2.33. The van der Waals surface area contributed by atoms with Crippen LogP contribution in [0, 0.1) is 5.92 Å². The topological polar surface area (TPSA) is 61.9 Å². The van der Waals surface area contributed by atoms with E-state index in [-0.39, 0.29) is 17.9 Å². The molecule has 1 amide bonds. The van der Waals surface area contributed by atoms with Crippen LogP contribution < -0.4 is 0 Å². The number of H-pyrrole nitrogens is 1. The molecule has 3 rings (SSSR count). The van der Waals surface area contributed by atoms with Crippen LogP contribution in [0.15, 0.2) is 18.3 Å². The Morgan fingerprint density at radius 3 is 3.25 bits per heavy atom. The Morgan fingerprint density at radius 2 is 2.50 bits per heavy atom. The summed E-state index contributed by atoms with van der Waals surface area (Å²) in [6, 6.07) is 3.88. The fraction of sp³-hybridized carbons (Fsp3) is 0.500. The summed E-state index contributed by atoms with van der Waals surface area (Å²) in [5, 5.41) is 0. The summed E-state index contributed by atoms with van der Waals surface area (Å²) in [6.07, 6.45) is 3.69. The molecule has 1 N–H and O–H groups in total. The van der Waals surface area contributed by atoms with Crippen molar-refractivity contribution in [1.29, 1.82) is 0 Å². The third-order valence-corrected chi connectivity index (χ3v) is 4.37. The number of aromatic nitrogens is 3. The van der Waals surface area contributed by atoms with Crippen molar-refractivity contribution < 1.29 is 4.79 Å². The number of nitrogens with one attached hydrogen (secondary N) is 1. The number of imidazole rings is 1. The van der Waals surface area contributed by atoms with E-state index in [1.807, 2.05) is 24.0 Å². The number of carbonyl (C=O) groups is 1. The van der Waals surface area contributed by atoms with E-state index < -0.39 is 0 Å². The molecule has 0 saturated carbocycles. The highest BCUT2D eigenvalue weighted by atomic mass is 32.1. The van der Waals surface area contributed by atoms with Gasteiger partial charge in [-0.15, -0.1) is 0 Å². The first kappa shape index (κ1) is 13.4. The Hall–Kier alpha value is -1.56. The fourth-order valence-corrected chi connectivity index (χ4v) is 2.85. The number of pyridine rings is 1. The second kappa shape index (κ2) is 5.44. The highest BCUT2D eigenvalue weighted by molar-refractivity contribution is 7.80. The van der Waals surface area contributed by atoms with Crippen LogP contribution in [-0.2, 0) is 4.79 Å². The van der Waals surface area contributed by atoms with Gasteiger partial charge in [-0.25, -0.2) is 9.97 Å². The lowest BCUT2D eigenvalue weighted by Gasteiger charge is -2.25. The van der Waals surface area contributed by atoms with E-state index in [0.717, 1.165) is 30.7 Å². The fourth-order valence-electron chi connectivity index (χ4n) is 2.70. The molecule has 6 heteroatoms. The van der Waals surface area contributed by atoms with Crippen molar-refractivity contribution in [2.75, 3.05) is 12.3 Å². The number of carbonyl (C=O) groups excluding carboxylic acids is 1. The van der Waals surface area contributed by atoms with Crippen LogP contribution in [0.2, 0.25) is 0 Å². The first-order chi connectivity index (χ1) is 9.70. The van der Waals surface area contributed by atoms with Gasteiger partial charge in [-0.3, -0.25) is 4.79 Å². The van der Waals surface area contributed by atoms with E-state index in [1.165, 1.54) is 0 Å². The molecule has 1 aliphatic heterocycles. The van der Waals surface area contributed by atoms with Crippen LogP contribution in [0.4, 0.5) is 0 Å². The van der Waals surface area contributed by atoms with Crippen molar-refractivity contribution in [1.82, 2.24) is 19.9 Å². The van der Waals surface area contributed by atoms with Gasteiger partial charge < -0.3 is 9.88 Å². The third-order valence-electron chi connectivity index (χ3n) is 3.82. The van der Waals surface area contributed by atoms with E-state index in [9.17, 15) is 4.79 Å². The molecule has 0 spiro atoms. The van der Waals surface area contributed by atoms with Crippen LogP contribution in [0.3, 0.4) is 0 Å². The van der Waals surface area contributed by atoms with Gasteiger partial charge in [0.15, 0.2) is 5.65 Å². The second-order valence-electron chi connectivity index (χ2n) is 5.27. The summed E-state index contributed by atoms with van der Waals surface area (Å²) < 4.78 is 0. The summed E-state index contributed by atoms with van der Waals surface area (Å²) >= 11 is 4.22. The maximum Gasteiger partial charge on any atom is 0.226 e. The Balaban J connectivity index is 1.90. The maximum absolute atomic E-state index is 12.4. The van der Waals surface area contributed by atoms with Crippen LogP contribution in [0.5, 0.6) is 0 Å². The Morgan fingerprint density at radius 1 is 1.65 bits per heavy atom. The second-order valence-corrected chi connectivity index (χ2v) is 5.64. The SMILES string of the molecule is C[C@H](CS)C(=O)N1CCC[C@@H]1c1nc2ncccc2[nH]1.